The Bertz CT molecular complexity index is 885. The molecule has 1 atom stereocenters. The third kappa shape index (κ3) is 2.90. The molecular formula is C15H19N3O4S. The van der Waals surface area contributed by atoms with Crippen molar-refractivity contribution in [1.82, 2.24) is 14.1 Å². The largest absolute Gasteiger partial charge is 0.468 e. The van der Waals surface area contributed by atoms with Crippen molar-refractivity contribution in [3.05, 3.63) is 32.6 Å². The number of methoxy groups -OCH3 is 1. The molecule has 0 saturated heterocycles. The van der Waals surface area contributed by atoms with Gasteiger partial charge in [0.05, 0.1) is 12.5 Å². The second kappa shape index (κ2) is 6.57. The monoisotopic (exact) mass is 337 g/mol. The lowest BCUT2D eigenvalue weighted by molar-refractivity contribution is -0.139. The molecule has 124 valence electrons. The molecule has 0 aliphatic heterocycles. The predicted octanol–water partition coefficient (Wildman–Crippen LogP) is 0.848. The van der Waals surface area contributed by atoms with Gasteiger partial charge in [-0.05, 0) is 18.9 Å². The van der Waals surface area contributed by atoms with Crippen LogP contribution in [0.4, 0.5) is 0 Å². The molecule has 2 rings (SSSR count). The van der Waals surface area contributed by atoms with E-state index in [1.165, 1.54) is 30.5 Å². The van der Waals surface area contributed by atoms with Gasteiger partial charge in [-0.1, -0.05) is 6.92 Å². The Morgan fingerprint density at radius 1 is 1.35 bits per heavy atom. The fourth-order valence-corrected chi connectivity index (χ4v) is 3.51. The molecule has 0 saturated carbocycles. The van der Waals surface area contributed by atoms with Gasteiger partial charge in [0.1, 0.15) is 10.9 Å². The first-order chi connectivity index (χ1) is 10.8. The number of aromatic nitrogens is 3. The van der Waals surface area contributed by atoms with Gasteiger partial charge in [0.15, 0.2) is 0 Å². The van der Waals surface area contributed by atoms with Gasteiger partial charge in [-0.2, -0.15) is 0 Å². The van der Waals surface area contributed by atoms with Crippen LogP contribution in [0.15, 0.2) is 20.7 Å². The summed E-state index contributed by atoms with van der Waals surface area (Å²) < 4.78 is 7.14. The van der Waals surface area contributed by atoms with Crippen LogP contribution in [-0.4, -0.2) is 32.4 Å². The highest BCUT2D eigenvalue weighted by Crippen LogP contribution is 2.31. The Morgan fingerprint density at radius 3 is 2.57 bits per heavy atom. The van der Waals surface area contributed by atoms with E-state index in [0.29, 0.717) is 22.3 Å². The van der Waals surface area contributed by atoms with E-state index in [1.54, 1.807) is 20.2 Å². The highest BCUT2D eigenvalue weighted by atomic mass is 32.2. The number of esters is 1. The molecule has 0 aliphatic rings. The molecule has 7 nitrogen and oxygen atoms in total. The minimum Gasteiger partial charge on any atom is -0.468 e. The zero-order chi connectivity index (χ0) is 17.3. The summed E-state index contributed by atoms with van der Waals surface area (Å²) in [7, 11) is 4.33. The first kappa shape index (κ1) is 17.3. The zero-order valence-electron chi connectivity index (χ0n) is 13.7. The molecule has 0 amide bonds. The third-order valence-corrected chi connectivity index (χ3v) is 4.95. The number of ether oxygens (including phenoxy) is 1. The fraction of sp³-hybridized carbons (Fsp3) is 0.467. The molecule has 2 aromatic heterocycles. The molecule has 0 spiro atoms. The van der Waals surface area contributed by atoms with E-state index >= 15 is 0 Å². The highest BCUT2D eigenvalue weighted by Gasteiger charge is 2.22. The summed E-state index contributed by atoms with van der Waals surface area (Å²) in [4.78, 5) is 41.3. The van der Waals surface area contributed by atoms with E-state index in [4.69, 9.17) is 4.74 Å². The first-order valence-corrected chi connectivity index (χ1v) is 8.03. The van der Waals surface area contributed by atoms with Crippen molar-refractivity contribution in [2.75, 3.05) is 7.11 Å². The van der Waals surface area contributed by atoms with Gasteiger partial charge in [-0.25, -0.2) is 9.78 Å². The zero-order valence-corrected chi connectivity index (χ0v) is 14.6. The normalized spacial score (nSPS) is 12.4. The van der Waals surface area contributed by atoms with Crippen LogP contribution < -0.4 is 11.2 Å². The summed E-state index contributed by atoms with van der Waals surface area (Å²) in [5.74, 6) is -0.372. The quantitative estimate of drug-likeness (QED) is 0.607. The number of hydrogen-bond donors (Lipinski definition) is 0. The summed E-state index contributed by atoms with van der Waals surface area (Å²) in [6.07, 6.45) is 2.30. The fourth-order valence-electron chi connectivity index (χ4n) is 2.32. The molecule has 0 bridgehead atoms. The lowest BCUT2D eigenvalue weighted by Crippen LogP contribution is -2.37. The summed E-state index contributed by atoms with van der Waals surface area (Å²) in [6.45, 7) is 3.66. The molecular weight excluding hydrogens is 318 g/mol. The maximum atomic E-state index is 12.6. The van der Waals surface area contributed by atoms with Crippen molar-refractivity contribution in [2.45, 2.75) is 30.4 Å². The van der Waals surface area contributed by atoms with Gasteiger partial charge >= 0.3 is 11.7 Å². The molecule has 0 N–H and O–H groups in total. The van der Waals surface area contributed by atoms with Gasteiger partial charge in [0, 0.05) is 25.2 Å². The van der Waals surface area contributed by atoms with Crippen molar-refractivity contribution in [2.24, 2.45) is 14.1 Å². The molecule has 2 aromatic rings. The van der Waals surface area contributed by atoms with E-state index in [9.17, 15) is 14.4 Å². The van der Waals surface area contributed by atoms with Gasteiger partial charge in [-0.3, -0.25) is 18.7 Å². The van der Waals surface area contributed by atoms with Crippen LogP contribution in [0.1, 0.15) is 19.4 Å². The van der Waals surface area contributed by atoms with E-state index in [0.717, 1.165) is 10.1 Å². The summed E-state index contributed by atoms with van der Waals surface area (Å²) >= 11 is 1.25. The third-order valence-electron chi connectivity index (χ3n) is 3.70. The van der Waals surface area contributed by atoms with E-state index in [-0.39, 0.29) is 5.97 Å². The number of nitrogens with zero attached hydrogens (tertiary/aromatic N) is 3. The van der Waals surface area contributed by atoms with Gasteiger partial charge in [0.25, 0.3) is 5.56 Å². The molecule has 0 unspecified atom stereocenters. The maximum absolute atomic E-state index is 12.6. The molecule has 0 aromatic carbocycles. The molecule has 0 radical (unpaired) electrons. The second-order valence-corrected chi connectivity index (χ2v) is 6.50. The lowest BCUT2D eigenvalue weighted by atomic mass is 10.2. The molecule has 8 heteroatoms. The van der Waals surface area contributed by atoms with Crippen LogP contribution in [0.3, 0.4) is 0 Å². The average Bonchev–Trinajstić information content (AvgIpc) is 2.56. The van der Waals surface area contributed by atoms with Crippen molar-refractivity contribution < 1.29 is 9.53 Å². The van der Waals surface area contributed by atoms with Gasteiger partial charge < -0.3 is 4.74 Å². The van der Waals surface area contributed by atoms with Crippen molar-refractivity contribution in [3.8, 4) is 0 Å². The average molecular weight is 337 g/mol. The molecule has 2 heterocycles. The van der Waals surface area contributed by atoms with Gasteiger partial charge in [-0.15, -0.1) is 11.8 Å². The van der Waals surface area contributed by atoms with Gasteiger partial charge in [0.2, 0.25) is 0 Å². The van der Waals surface area contributed by atoms with Crippen LogP contribution in [0, 0.1) is 0 Å². The number of thioether (sulfide) groups is 1. The van der Waals surface area contributed by atoms with Crippen LogP contribution in [0.2, 0.25) is 0 Å². The number of fused-ring (bicyclic) bond motifs is 1. The maximum Gasteiger partial charge on any atom is 0.332 e. The topological polar surface area (TPSA) is 83.2 Å². The Balaban J connectivity index is 2.83. The Morgan fingerprint density at radius 2 is 2.00 bits per heavy atom. The standard InChI is InChI=1S/C15H19N3O4S/c1-6-9-7-16-12-10(11(9)23-8(2)14(20)22-5)13(19)18(4)15(21)17(12)3/h7-8H,6H2,1-5H3/t8-/m0/s1. The summed E-state index contributed by atoms with van der Waals surface area (Å²) in [6, 6.07) is 0. The van der Waals surface area contributed by atoms with Crippen molar-refractivity contribution >= 4 is 28.8 Å². The summed E-state index contributed by atoms with van der Waals surface area (Å²) in [5, 5.41) is -0.118. The molecule has 0 aliphatic carbocycles. The predicted molar refractivity (Wildman–Crippen MR) is 88.9 cm³/mol. The van der Waals surface area contributed by atoms with Crippen LogP contribution >= 0.6 is 11.8 Å². The van der Waals surface area contributed by atoms with Crippen LogP contribution in [-0.2, 0) is 30.0 Å². The van der Waals surface area contributed by atoms with Crippen LogP contribution in [0.5, 0.6) is 0 Å². The Labute approximate surface area is 137 Å². The number of carbonyl (C=O) groups excluding carboxylic acids is 1. The molecule has 23 heavy (non-hydrogen) atoms. The number of pyridine rings is 1. The number of aryl methyl sites for hydroxylation is 2. The summed E-state index contributed by atoms with van der Waals surface area (Å²) in [5.41, 5.74) is 0.325. The number of carbonyl (C=O) groups is 1. The smallest absolute Gasteiger partial charge is 0.332 e. The van der Waals surface area contributed by atoms with E-state index in [2.05, 4.69) is 4.98 Å². The second-order valence-electron chi connectivity index (χ2n) is 5.15. The Kier molecular flexibility index (Phi) is 4.93. The van der Waals surface area contributed by atoms with Crippen molar-refractivity contribution in [1.29, 1.82) is 0 Å². The molecule has 0 fully saturated rings. The minimum absolute atomic E-state index is 0.315. The van der Waals surface area contributed by atoms with E-state index in [1.807, 2.05) is 6.92 Å². The van der Waals surface area contributed by atoms with Crippen molar-refractivity contribution in [3.63, 3.8) is 0 Å². The first-order valence-electron chi connectivity index (χ1n) is 7.15. The van der Waals surface area contributed by atoms with E-state index < -0.39 is 16.5 Å². The lowest BCUT2D eigenvalue weighted by Gasteiger charge is -2.15. The SMILES string of the molecule is CCc1cnc2c(c1S[C@@H](C)C(=O)OC)c(=O)n(C)c(=O)n2C. The van der Waals surface area contributed by atoms with Crippen LogP contribution in [0.25, 0.3) is 11.0 Å². The minimum atomic E-state index is -0.474. The highest BCUT2D eigenvalue weighted by molar-refractivity contribution is 8.00. The Hall–Kier alpha value is -2.09. The number of rotatable bonds is 4. The number of hydrogen-bond acceptors (Lipinski definition) is 6.